The number of rotatable bonds is 76. The zero-order valence-electron chi connectivity index (χ0n) is 64.5. The maximum atomic E-state index is 13.1. The third kappa shape index (κ3) is 74.3. The Morgan fingerprint density at radius 1 is 0.284 bits per heavy atom. The minimum atomic E-state index is -4.98. The molecule has 0 aromatic heterocycles. The fourth-order valence-corrected chi connectivity index (χ4v) is 12.5. The van der Waals surface area contributed by atoms with E-state index in [9.17, 15) is 43.2 Å². The Morgan fingerprint density at radius 2 is 0.510 bits per heavy atom. The second-order valence-electron chi connectivity index (χ2n) is 27.0. The summed E-state index contributed by atoms with van der Waals surface area (Å²) in [6.07, 6.45) is 79.5. The van der Waals surface area contributed by atoms with E-state index in [0.29, 0.717) is 25.7 Å². The molecule has 17 nitrogen and oxygen atoms in total. The standard InChI is InChI=1S/C83H146O17P2/c1-5-9-13-17-21-25-29-33-36-37-38-39-42-45-48-52-56-60-64-68-81(86)94-73-78(99-82(87)69-65-61-57-53-49-43-32-28-24-20-16-12-8-4)75-97-101(89,90)95-71-77(84)72-96-102(91,92)98-76-79(100-83(88)70-66-62-58-54-50-46-41-35-31-27-23-19-15-11-7-3)74-93-80(85)67-63-59-55-51-47-44-40-34-30-26-22-18-14-10-6-2/h9-10,13-14,21-22,25-26,33-36,38-41,77-79,84H,5-8,11-12,15-20,23-24,27-32,37,42-76H2,1-4H3,(H,89,90)(H,91,92)/b13-9-,14-10-,25-21-,26-22-,36-33-,39-38-,40-34-,41-35-. The molecule has 590 valence electrons. The summed E-state index contributed by atoms with van der Waals surface area (Å²) in [5.74, 6) is -2.20. The number of hydrogen-bond donors (Lipinski definition) is 3. The molecule has 0 aliphatic rings. The molecule has 0 aliphatic heterocycles. The van der Waals surface area contributed by atoms with Gasteiger partial charge in [-0.2, -0.15) is 0 Å². The Labute approximate surface area is 620 Å². The number of phosphoric acid groups is 2. The molecule has 0 heterocycles. The second kappa shape index (κ2) is 75.2. The van der Waals surface area contributed by atoms with Gasteiger partial charge in [-0.05, 0) is 122 Å². The lowest BCUT2D eigenvalue weighted by atomic mass is 10.0. The van der Waals surface area contributed by atoms with E-state index in [1.807, 2.05) is 0 Å². The maximum absolute atomic E-state index is 13.1. The van der Waals surface area contributed by atoms with Crippen molar-refractivity contribution in [3.63, 3.8) is 0 Å². The van der Waals surface area contributed by atoms with Crippen molar-refractivity contribution in [3.05, 3.63) is 97.2 Å². The molecule has 5 unspecified atom stereocenters. The van der Waals surface area contributed by atoms with Crippen molar-refractivity contribution in [2.45, 2.75) is 367 Å². The van der Waals surface area contributed by atoms with Gasteiger partial charge >= 0.3 is 39.5 Å². The fourth-order valence-electron chi connectivity index (χ4n) is 10.9. The summed E-state index contributed by atoms with van der Waals surface area (Å²) in [6.45, 7) is 4.65. The van der Waals surface area contributed by atoms with Crippen molar-refractivity contribution in [1.82, 2.24) is 0 Å². The number of hydrogen-bond acceptors (Lipinski definition) is 15. The minimum Gasteiger partial charge on any atom is -0.462 e. The van der Waals surface area contributed by atoms with Gasteiger partial charge in [0, 0.05) is 25.7 Å². The van der Waals surface area contributed by atoms with Gasteiger partial charge in [0.15, 0.2) is 12.2 Å². The number of ether oxygens (including phenoxy) is 4. The zero-order valence-corrected chi connectivity index (χ0v) is 66.3. The molecule has 0 aliphatic carbocycles. The van der Waals surface area contributed by atoms with Gasteiger partial charge in [0.25, 0.3) is 0 Å². The predicted octanol–water partition coefficient (Wildman–Crippen LogP) is 23.6. The van der Waals surface area contributed by atoms with E-state index in [2.05, 4.69) is 125 Å². The lowest BCUT2D eigenvalue weighted by Crippen LogP contribution is -2.30. The monoisotopic (exact) mass is 1480 g/mol. The summed E-state index contributed by atoms with van der Waals surface area (Å²) in [6, 6.07) is 0. The molecule has 5 atom stereocenters. The third-order valence-electron chi connectivity index (χ3n) is 17.0. The van der Waals surface area contributed by atoms with Crippen LogP contribution in [0.1, 0.15) is 349 Å². The smallest absolute Gasteiger partial charge is 0.462 e. The number of unbranched alkanes of at least 4 members (excludes halogenated alkanes) is 34. The van der Waals surface area contributed by atoms with Gasteiger partial charge in [-0.3, -0.25) is 37.3 Å². The van der Waals surface area contributed by atoms with Crippen molar-refractivity contribution in [2.75, 3.05) is 39.6 Å². The van der Waals surface area contributed by atoms with Gasteiger partial charge in [0.2, 0.25) is 0 Å². The Bertz CT molecular complexity index is 2310. The van der Waals surface area contributed by atoms with Crippen LogP contribution in [0.25, 0.3) is 0 Å². The van der Waals surface area contributed by atoms with Crippen molar-refractivity contribution < 1.29 is 80.2 Å². The SMILES string of the molecule is CC/C=C\C/C=C\C/C=C\C/C=C\CCCCCCCCC(=O)OCC(COP(=O)(O)OCC(O)COP(=O)(O)OCC(COC(=O)CCCCCCC/C=C\C/C=C\C/C=C\CC)OC(=O)CCCCCCC/C=C\CCCCCCCC)OC(=O)CCCCCCCCCCCCCCC. The van der Waals surface area contributed by atoms with E-state index >= 15 is 0 Å². The molecular weight excluding hydrogens is 1330 g/mol. The molecule has 3 N–H and O–H groups in total. The van der Waals surface area contributed by atoms with Crippen LogP contribution in [0.5, 0.6) is 0 Å². The van der Waals surface area contributed by atoms with Crippen molar-refractivity contribution >= 4 is 39.5 Å². The fraction of sp³-hybridized carbons (Fsp3) is 0.759. The summed E-state index contributed by atoms with van der Waals surface area (Å²) in [5, 5.41) is 10.6. The average molecular weight is 1480 g/mol. The van der Waals surface area contributed by atoms with E-state index in [0.717, 1.165) is 180 Å². The molecule has 0 amide bonds. The number of aliphatic hydroxyl groups is 1. The predicted molar refractivity (Wildman–Crippen MR) is 418 cm³/mol. The van der Waals surface area contributed by atoms with Crippen LogP contribution in [0.15, 0.2) is 97.2 Å². The summed E-state index contributed by atoms with van der Waals surface area (Å²) in [7, 11) is -9.96. The van der Waals surface area contributed by atoms with E-state index in [-0.39, 0.29) is 25.7 Å². The van der Waals surface area contributed by atoms with Crippen LogP contribution < -0.4 is 0 Å². The van der Waals surface area contributed by atoms with Gasteiger partial charge in [-0.1, -0.05) is 298 Å². The van der Waals surface area contributed by atoms with Gasteiger partial charge in [-0.25, -0.2) is 9.13 Å². The molecule has 102 heavy (non-hydrogen) atoms. The molecule has 0 radical (unpaired) electrons. The van der Waals surface area contributed by atoms with Crippen LogP contribution in [0.3, 0.4) is 0 Å². The number of aliphatic hydroxyl groups excluding tert-OH is 1. The molecule has 0 rings (SSSR count). The number of esters is 4. The normalized spacial score (nSPS) is 14.4. The van der Waals surface area contributed by atoms with Crippen LogP contribution in [-0.2, 0) is 65.4 Å². The van der Waals surface area contributed by atoms with Crippen molar-refractivity contribution in [2.24, 2.45) is 0 Å². The van der Waals surface area contributed by atoms with E-state index in [4.69, 9.17) is 37.0 Å². The highest BCUT2D eigenvalue weighted by atomic mass is 31.2. The zero-order chi connectivity index (χ0) is 74.6. The molecular formula is C83H146O17P2. The first-order valence-corrected chi connectivity index (χ1v) is 43.5. The number of allylic oxidation sites excluding steroid dienone is 16. The van der Waals surface area contributed by atoms with Crippen LogP contribution in [0, 0.1) is 0 Å². The van der Waals surface area contributed by atoms with Gasteiger partial charge in [0.1, 0.15) is 19.3 Å². The molecule has 0 saturated heterocycles. The van der Waals surface area contributed by atoms with Crippen molar-refractivity contribution in [3.8, 4) is 0 Å². The topological polar surface area (TPSA) is 237 Å². The Balaban J connectivity index is 5.35. The summed E-state index contributed by atoms with van der Waals surface area (Å²) in [5.41, 5.74) is 0. The highest BCUT2D eigenvalue weighted by Crippen LogP contribution is 2.45. The van der Waals surface area contributed by atoms with E-state index in [1.165, 1.54) is 89.9 Å². The van der Waals surface area contributed by atoms with Crippen LogP contribution >= 0.6 is 15.6 Å². The third-order valence-corrected chi connectivity index (χ3v) is 18.9. The Kier molecular flexibility index (Phi) is 72.3. The quantitative estimate of drug-likeness (QED) is 0.0169. The van der Waals surface area contributed by atoms with Crippen LogP contribution in [-0.4, -0.2) is 96.7 Å². The first kappa shape index (κ1) is 98.0. The second-order valence-corrected chi connectivity index (χ2v) is 29.9. The number of phosphoric ester groups is 2. The van der Waals surface area contributed by atoms with E-state index in [1.54, 1.807) is 0 Å². The largest absolute Gasteiger partial charge is 0.472 e. The first-order valence-electron chi connectivity index (χ1n) is 40.5. The lowest BCUT2D eigenvalue weighted by molar-refractivity contribution is -0.161. The van der Waals surface area contributed by atoms with Gasteiger partial charge in [0.05, 0.1) is 26.4 Å². The molecule has 0 bridgehead atoms. The maximum Gasteiger partial charge on any atom is 0.472 e. The summed E-state index contributed by atoms with van der Waals surface area (Å²) < 4.78 is 68.6. The minimum absolute atomic E-state index is 0.0823. The first-order chi connectivity index (χ1) is 49.7. The van der Waals surface area contributed by atoms with Crippen LogP contribution in [0.4, 0.5) is 0 Å². The van der Waals surface area contributed by atoms with Gasteiger partial charge < -0.3 is 33.8 Å². The van der Waals surface area contributed by atoms with Crippen molar-refractivity contribution in [1.29, 1.82) is 0 Å². The molecule has 0 spiro atoms. The Hall–Kier alpha value is -4.02. The molecule has 0 saturated carbocycles. The van der Waals surface area contributed by atoms with Gasteiger partial charge in [-0.15, -0.1) is 0 Å². The lowest BCUT2D eigenvalue weighted by Gasteiger charge is -2.21. The highest BCUT2D eigenvalue weighted by Gasteiger charge is 2.30. The summed E-state index contributed by atoms with van der Waals surface area (Å²) >= 11 is 0. The average Bonchev–Trinajstić information content (AvgIpc) is 0.908. The van der Waals surface area contributed by atoms with Crippen LogP contribution in [0.2, 0.25) is 0 Å². The number of carbonyl (C=O) groups is 4. The van der Waals surface area contributed by atoms with E-state index < -0.39 is 97.5 Å². The highest BCUT2D eigenvalue weighted by molar-refractivity contribution is 7.47. The molecule has 0 fully saturated rings. The molecule has 19 heteroatoms. The molecule has 0 aromatic rings. The number of carbonyl (C=O) groups excluding carboxylic acids is 4. The summed E-state index contributed by atoms with van der Waals surface area (Å²) in [4.78, 5) is 73.0. The Morgan fingerprint density at radius 3 is 0.794 bits per heavy atom. The molecule has 0 aromatic carbocycles.